The van der Waals surface area contributed by atoms with Crippen molar-refractivity contribution >= 4 is 40.3 Å². The van der Waals surface area contributed by atoms with Crippen LogP contribution in [-0.2, 0) is 14.3 Å². The number of fused-ring (bicyclic) bond motifs is 1. The fourth-order valence-electron chi connectivity index (χ4n) is 5.01. The number of primary amides is 1. The molecule has 4 heterocycles. The normalized spacial score (nSPS) is 19.2. The van der Waals surface area contributed by atoms with Gasteiger partial charge in [-0.2, -0.15) is 5.10 Å². The molecule has 2 atom stereocenters. The van der Waals surface area contributed by atoms with Crippen molar-refractivity contribution in [1.82, 2.24) is 24.2 Å². The Kier molecular flexibility index (Phi) is 7.12. The number of carbonyl (C=O) groups is 2. The van der Waals surface area contributed by atoms with Crippen molar-refractivity contribution in [3.05, 3.63) is 53.0 Å². The van der Waals surface area contributed by atoms with Crippen LogP contribution in [0.5, 0.6) is 0 Å². The average Bonchev–Trinajstić information content (AvgIpc) is 3.56. The van der Waals surface area contributed by atoms with Gasteiger partial charge in [-0.05, 0) is 30.6 Å². The van der Waals surface area contributed by atoms with Crippen LogP contribution in [0.25, 0.3) is 11.0 Å². The number of ether oxygens (including phenoxy) is 2. The number of hydrogen-bond donors (Lipinski definition) is 2. The van der Waals surface area contributed by atoms with Gasteiger partial charge in [0.1, 0.15) is 11.4 Å². The summed E-state index contributed by atoms with van der Waals surface area (Å²) in [4.78, 5) is 31.1. The predicted molar refractivity (Wildman–Crippen MR) is 142 cm³/mol. The van der Waals surface area contributed by atoms with Gasteiger partial charge in [0, 0.05) is 26.3 Å². The Labute approximate surface area is 224 Å². The fourth-order valence-corrected chi connectivity index (χ4v) is 5.22. The molecule has 1 aromatic carbocycles. The van der Waals surface area contributed by atoms with E-state index in [-0.39, 0.29) is 35.3 Å². The number of methoxy groups -OCH3 is 1. The van der Waals surface area contributed by atoms with Gasteiger partial charge in [0.25, 0.3) is 5.91 Å². The molecule has 2 fully saturated rings. The second-order valence-electron chi connectivity index (χ2n) is 9.24. The lowest BCUT2D eigenvalue weighted by Gasteiger charge is -2.27. The van der Waals surface area contributed by atoms with E-state index < -0.39 is 5.91 Å². The van der Waals surface area contributed by atoms with Crippen molar-refractivity contribution in [2.24, 2.45) is 5.73 Å². The first-order chi connectivity index (χ1) is 18.4. The molecule has 2 saturated heterocycles. The van der Waals surface area contributed by atoms with E-state index in [1.165, 1.54) is 6.08 Å². The first-order valence-electron chi connectivity index (χ1n) is 12.1. The quantitative estimate of drug-likeness (QED) is 0.348. The van der Waals surface area contributed by atoms with Crippen molar-refractivity contribution in [2.45, 2.75) is 24.5 Å². The number of aromatic nitrogens is 4. The summed E-state index contributed by atoms with van der Waals surface area (Å²) in [5.74, 6) is 5.59. The first kappa shape index (κ1) is 25.8. The summed E-state index contributed by atoms with van der Waals surface area (Å²) in [6, 6.07) is 3.50. The molecule has 2 aliphatic rings. The van der Waals surface area contributed by atoms with Gasteiger partial charge in [0.05, 0.1) is 60.3 Å². The standard InChI is InChI=1S/C26H28ClN7O4/c1-4-23(35)32-10-16(8-17(32)11-37-3)34-26(29-2)24(25(28)36)20(31-34)6-5-15-7-21-22(9-19(15)27)33(14-30-21)18-12-38-13-18/h4,7,9,14,16-18,29H,1,8,10-13H2,2-3H3,(H2,28,36)/t16-,17+/m0/s1. The third kappa shape index (κ3) is 4.51. The second-order valence-corrected chi connectivity index (χ2v) is 9.65. The largest absolute Gasteiger partial charge is 0.383 e. The number of amides is 2. The molecule has 0 bridgehead atoms. The van der Waals surface area contributed by atoms with Crippen LogP contribution in [0.1, 0.15) is 40.1 Å². The van der Waals surface area contributed by atoms with Gasteiger partial charge in [-0.3, -0.25) is 9.59 Å². The highest BCUT2D eigenvalue weighted by Crippen LogP contribution is 2.33. The van der Waals surface area contributed by atoms with E-state index in [0.29, 0.717) is 49.2 Å². The summed E-state index contributed by atoms with van der Waals surface area (Å²) in [7, 11) is 3.27. The molecule has 12 heteroatoms. The average molecular weight is 538 g/mol. The minimum absolute atomic E-state index is 0.159. The summed E-state index contributed by atoms with van der Waals surface area (Å²) in [5.41, 5.74) is 8.34. The zero-order valence-corrected chi connectivity index (χ0v) is 21.9. The Morgan fingerprint density at radius 1 is 1.34 bits per heavy atom. The molecule has 0 saturated carbocycles. The molecule has 11 nitrogen and oxygen atoms in total. The number of nitrogens with zero attached hydrogens (tertiary/aromatic N) is 5. The molecular formula is C26H28ClN7O4. The van der Waals surface area contributed by atoms with Gasteiger partial charge in [-0.1, -0.05) is 24.1 Å². The molecule has 3 N–H and O–H groups in total. The SMILES string of the molecule is C=CC(=O)N1C[C@@H](n2nc(C#Cc3cc4ncn(C5COC5)c4cc3Cl)c(C(N)=O)c2NC)C[C@@H]1COC. The summed E-state index contributed by atoms with van der Waals surface area (Å²) in [5, 5.41) is 8.14. The Morgan fingerprint density at radius 2 is 2.13 bits per heavy atom. The van der Waals surface area contributed by atoms with Gasteiger partial charge in [-0.25, -0.2) is 9.67 Å². The summed E-state index contributed by atoms with van der Waals surface area (Å²) < 4.78 is 14.3. The maximum Gasteiger partial charge on any atom is 0.255 e. The predicted octanol–water partition coefficient (Wildman–Crippen LogP) is 1.97. The summed E-state index contributed by atoms with van der Waals surface area (Å²) in [6.45, 7) is 5.63. The molecule has 2 amide bonds. The van der Waals surface area contributed by atoms with E-state index in [1.807, 2.05) is 16.7 Å². The van der Waals surface area contributed by atoms with Gasteiger partial charge >= 0.3 is 0 Å². The molecule has 38 heavy (non-hydrogen) atoms. The highest BCUT2D eigenvalue weighted by molar-refractivity contribution is 6.32. The highest BCUT2D eigenvalue weighted by Gasteiger charge is 2.37. The van der Waals surface area contributed by atoms with Crippen LogP contribution in [0.15, 0.2) is 31.1 Å². The van der Waals surface area contributed by atoms with Crippen molar-refractivity contribution in [3.63, 3.8) is 0 Å². The topological polar surface area (TPSA) is 130 Å². The summed E-state index contributed by atoms with van der Waals surface area (Å²) >= 11 is 6.58. The Balaban J connectivity index is 1.51. The molecule has 0 unspecified atom stereocenters. The number of hydrogen-bond acceptors (Lipinski definition) is 7. The highest BCUT2D eigenvalue weighted by atomic mass is 35.5. The molecule has 3 aromatic rings. The molecular weight excluding hydrogens is 510 g/mol. The molecule has 2 aliphatic heterocycles. The number of halogens is 1. The third-order valence-corrected chi connectivity index (χ3v) is 7.25. The number of nitrogens with one attached hydrogen (secondary N) is 1. The van der Waals surface area contributed by atoms with Crippen LogP contribution in [0, 0.1) is 11.8 Å². The Morgan fingerprint density at radius 3 is 2.76 bits per heavy atom. The number of carbonyl (C=O) groups excluding carboxylic acids is 2. The molecule has 198 valence electrons. The number of rotatable bonds is 7. The van der Waals surface area contributed by atoms with Crippen molar-refractivity contribution in [1.29, 1.82) is 0 Å². The van der Waals surface area contributed by atoms with Crippen LogP contribution in [0.3, 0.4) is 0 Å². The van der Waals surface area contributed by atoms with Crippen molar-refractivity contribution in [2.75, 3.05) is 45.8 Å². The van der Waals surface area contributed by atoms with E-state index in [2.05, 4.69) is 33.8 Å². The smallest absolute Gasteiger partial charge is 0.255 e. The van der Waals surface area contributed by atoms with Crippen molar-refractivity contribution < 1.29 is 19.1 Å². The molecule has 5 rings (SSSR count). The molecule has 0 aliphatic carbocycles. The van der Waals surface area contributed by atoms with Crippen LogP contribution in [-0.4, -0.2) is 82.6 Å². The van der Waals surface area contributed by atoms with Gasteiger partial charge < -0.3 is 30.0 Å². The maximum atomic E-state index is 12.5. The number of likely N-dealkylation sites (tertiary alicyclic amines) is 1. The zero-order chi connectivity index (χ0) is 27.0. The number of anilines is 1. The Bertz CT molecular complexity index is 1480. The lowest BCUT2D eigenvalue weighted by Crippen LogP contribution is -2.37. The van der Waals surface area contributed by atoms with Crippen molar-refractivity contribution in [3.8, 4) is 11.8 Å². The maximum absolute atomic E-state index is 12.5. The van der Waals surface area contributed by atoms with E-state index in [4.69, 9.17) is 26.8 Å². The first-order valence-corrected chi connectivity index (χ1v) is 12.5. The van der Waals surface area contributed by atoms with Crippen LogP contribution >= 0.6 is 11.6 Å². The lowest BCUT2D eigenvalue weighted by atomic mass is 10.1. The number of benzene rings is 1. The molecule has 2 aromatic heterocycles. The minimum Gasteiger partial charge on any atom is -0.383 e. The van der Waals surface area contributed by atoms with Crippen LogP contribution < -0.4 is 11.1 Å². The molecule has 0 radical (unpaired) electrons. The Hall–Kier alpha value is -3.85. The number of imidazole rings is 1. The van der Waals surface area contributed by atoms with Crippen LogP contribution in [0.4, 0.5) is 5.82 Å². The van der Waals surface area contributed by atoms with E-state index in [0.717, 1.165) is 11.0 Å². The van der Waals surface area contributed by atoms with Crippen LogP contribution in [0.2, 0.25) is 5.02 Å². The zero-order valence-electron chi connectivity index (χ0n) is 21.1. The third-order valence-electron chi connectivity index (χ3n) is 6.94. The van der Waals surface area contributed by atoms with Gasteiger partial charge in [0.15, 0.2) is 5.69 Å². The number of nitrogens with two attached hydrogens (primary N) is 1. The summed E-state index contributed by atoms with van der Waals surface area (Å²) in [6.07, 6.45) is 3.63. The van der Waals surface area contributed by atoms with E-state index in [1.54, 1.807) is 30.1 Å². The van der Waals surface area contributed by atoms with Gasteiger partial charge in [-0.15, -0.1) is 0 Å². The monoisotopic (exact) mass is 537 g/mol. The van der Waals surface area contributed by atoms with E-state index >= 15 is 0 Å². The van der Waals surface area contributed by atoms with E-state index in [9.17, 15) is 9.59 Å². The fraction of sp³-hybridized carbons (Fsp3) is 0.385. The lowest BCUT2D eigenvalue weighted by molar-refractivity contribution is -0.127. The van der Waals surface area contributed by atoms with Gasteiger partial charge in [0.2, 0.25) is 5.91 Å². The molecule has 0 spiro atoms. The minimum atomic E-state index is -0.668. The second kappa shape index (κ2) is 10.5.